The molecule has 2 amide bonds. The number of nitrogens with zero attached hydrogens (tertiary/aromatic N) is 1. The monoisotopic (exact) mass is 394 g/mol. The van der Waals surface area contributed by atoms with E-state index in [0.717, 1.165) is 45.8 Å². The summed E-state index contributed by atoms with van der Waals surface area (Å²) < 4.78 is 7.97. The fraction of sp³-hybridized carbons (Fsp3) is 0.348. The number of rotatable bonds is 7. The summed E-state index contributed by atoms with van der Waals surface area (Å²) >= 11 is 0. The number of hydrogen-bond donors (Lipinski definition) is 3. The van der Waals surface area contributed by atoms with Crippen molar-refractivity contribution in [1.82, 2.24) is 9.88 Å². The maximum atomic E-state index is 11.7. The maximum Gasteiger partial charge on any atom is 0.319 e. The van der Waals surface area contributed by atoms with Gasteiger partial charge in [-0.1, -0.05) is 26.0 Å². The fourth-order valence-electron chi connectivity index (χ4n) is 3.53. The Hall–Kier alpha value is -3.15. The molecule has 0 fully saturated rings. The van der Waals surface area contributed by atoms with Crippen molar-refractivity contribution in [2.45, 2.75) is 34.2 Å². The van der Waals surface area contributed by atoms with Crippen molar-refractivity contribution >= 4 is 28.3 Å². The van der Waals surface area contributed by atoms with Crippen molar-refractivity contribution in [2.24, 2.45) is 5.92 Å². The number of benzene rings is 2. The van der Waals surface area contributed by atoms with E-state index < -0.39 is 0 Å². The summed E-state index contributed by atoms with van der Waals surface area (Å²) in [6.07, 6.45) is 0. The Kier molecular flexibility index (Phi) is 6.32. The zero-order valence-electron chi connectivity index (χ0n) is 17.6. The fourth-order valence-corrected chi connectivity index (χ4v) is 3.53. The van der Waals surface area contributed by atoms with E-state index in [1.54, 1.807) is 0 Å². The van der Waals surface area contributed by atoms with Crippen LogP contribution in [-0.2, 0) is 6.54 Å². The number of anilines is 2. The molecule has 0 saturated heterocycles. The van der Waals surface area contributed by atoms with Gasteiger partial charge in [0.25, 0.3) is 0 Å². The van der Waals surface area contributed by atoms with Crippen LogP contribution in [0.25, 0.3) is 22.2 Å². The second-order valence-electron chi connectivity index (χ2n) is 7.44. The number of fused-ring (bicyclic) bond motifs is 1. The van der Waals surface area contributed by atoms with Gasteiger partial charge in [0.2, 0.25) is 0 Å². The Morgan fingerprint density at radius 3 is 2.48 bits per heavy atom. The molecule has 0 unspecified atom stereocenters. The third-order valence-electron chi connectivity index (χ3n) is 4.69. The summed E-state index contributed by atoms with van der Waals surface area (Å²) in [5.41, 5.74) is 11.2. The molecular formula is C23H30N4O2. The third kappa shape index (κ3) is 4.47. The second kappa shape index (κ2) is 8.90. The van der Waals surface area contributed by atoms with Gasteiger partial charge in [0.1, 0.15) is 5.75 Å². The predicted octanol–water partition coefficient (Wildman–Crippen LogP) is 5.09. The average molecular weight is 395 g/mol. The molecule has 154 valence electrons. The summed E-state index contributed by atoms with van der Waals surface area (Å²) in [4.78, 5) is 11.7. The van der Waals surface area contributed by atoms with Gasteiger partial charge >= 0.3 is 6.03 Å². The van der Waals surface area contributed by atoms with Crippen molar-refractivity contribution < 1.29 is 9.53 Å². The first kappa shape index (κ1) is 20.6. The Morgan fingerprint density at radius 2 is 1.86 bits per heavy atom. The molecule has 6 heteroatoms. The van der Waals surface area contributed by atoms with Crippen LogP contribution in [-0.4, -0.2) is 23.7 Å². The first-order valence-corrected chi connectivity index (χ1v) is 10.1. The molecule has 0 atom stereocenters. The van der Waals surface area contributed by atoms with Gasteiger partial charge in [-0.2, -0.15) is 0 Å². The van der Waals surface area contributed by atoms with E-state index in [2.05, 4.69) is 35.1 Å². The number of nitrogens with one attached hydrogen (secondary N) is 2. The largest absolute Gasteiger partial charge is 0.494 e. The number of carbonyl (C=O) groups is 1. The minimum Gasteiger partial charge on any atom is -0.494 e. The summed E-state index contributed by atoms with van der Waals surface area (Å²) in [7, 11) is 0. The van der Waals surface area contributed by atoms with Gasteiger partial charge in [-0.3, -0.25) is 0 Å². The molecule has 1 aromatic heterocycles. The van der Waals surface area contributed by atoms with Crippen LogP contribution in [0.15, 0.2) is 42.5 Å². The van der Waals surface area contributed by atoms with Crippen LogP contribution >= 0.6 is 0 Å². The zero-order chi connectivity index (χ0) is 21.0. The molecular weight excluding hydrogens is 364 g/mol. The second-order valence-corrected chi connectivity index (χ2v) is 7.44. The van der Waals surface area contributed by atoms with Crippen LogP contribution in [0.2, 0.25) is 0 Å². The molecule has 0 radical (unpaired) electrons. The van der Waals surface area contributed by atoms with E-state index in [1.807, 2.05) is 50.2 Å². The molecule has 3 aromatic rings. The molecule has 0 saturated carbocycles. The number of carbonyl (C=O) groups excluding carboxylic acids is 1. The van der Waals surface area contributed by atoms with E-state index in [1.165, 1.54) is 0 Å². The molecule has 3 rings (SSSR count). The van der Waals surface area contributed by atoms with E-state index in [0.29, 0.717) is 19.1 Å². The number of hydrogen-bond acceptors (Lipinski definition) is 3. The van der Waals surface area contributed by atoms with Crippen molar-refractivity contribution in [3.63, 3.8) is 0 Å². The lowest BCUT2D eigenvalue weighted by molar-refractivity contribution is 0.252. The number of amides is 2. The highest BCUT2D eigenvalue weighted by Crippen LogP contribution is 2.38. The van der Waals surface area contributed by atoms with Gasteiger partial charge in [0.05, 0.1) is 23.5 Å². The van der Waals surface area contributed by atoms with Crippen LogP contribution < -0.4 is 21.1 Å². The number of nitrogen functional groups attached to an aromatic ring is 1. The average Bonchev–Trinajstić information content (AvgIpc) is 2.94. The lowest BCUT2D eigenvalue weighted by atomic mass is 10.1. The Balaban J connectivity index is 2.05. The number of aromatic nitrogens is 1. The van der Waals surface area contributed by atoms with E-state index >= 15 is 0 Å². The zero-order valence-corrected chi connectivity index (χ0v) is 17.6. The molecule has 2 aromatic carbocycles. The normalized spacial score (nSPS) is 11.1. The van der Waals surface area contributed by atoms with Crippen LogP contribution in [0.3, 0.4) is 0 Å². The molecule has 0 spiro atoms. The first-order chi connectivity index (χ1) is 13.9. The van der Waals surface area contributed by atoms with Crippen LogP contribution in [0, 0.1) is 5.92 Å². The van der Waals surface area contributed by atoms with Crippen LogP contribution in [0.4, 0.5) is 16.2 Å². The standard InChI is InChI=1S/C23H30N4O2/c1-5-25-23(28)26-17-9-7-16(8-10-17)22-21(24)19-12-11-18(29-6-2)13-20(19)27(22)14-15(3)4/h7-13,15H,5-6,14,24H2,1-4H3,(H2,25,26,28). The topological polar surface area (TPSA) is 81.3 Å². The van der Waals surface area contributed by atoms with Gasteiger partial charge in [0.15, 0.2) is 0 Å². The van der Waals surface area contributed by atoms with Gasteiger partial charge < -0.3 is 25.7 Å². The minimum absolute atomic E-state index is 0.211. The summed E-state index contributed by atoms with van der Waals surface area (Å²) in [6, 6.07) is 13.6. The smallest absolute Gasteiger partial charge is 0.319 e. The number of urea groups is 1. The quantitative estimate of drug-likeness (QED) is 0.522. The predicted molar refractivity (Wildman–Crippen MR) is 120 cm³/mol. The van der Waals surface area contributed by atoms with E-state index in [-0.39, 0.29) is 6.03 Å². The molecule has 4 N–H and O–H groups in total. The number of nitrogens with two attached hydrogens (primary N) is 1. The molecule has 1 heterocycles. The molecule has 0 aliphatic rings. The highest BCUT2D eigenvalue weighted by Gasteiger charge is 2.18. The minimum atomic E-state index is -0.211. The Morgan fingerprint density at radius 1 is 1.14 bits per heavy atom. The summed E-state index contributed by atoms with van der Waals surface area (Å²) in [5, 5.41) is 6.58. The van der Waals surface area contributed by atoms with Crippen molar-refractivity contribution in [1.29, 1.82) is 0 Å². The van der Waals surface area contributed by atoms with Crippen molar-refractivity contribution in [3.8, 4) is 17.0 Å². The molecule has 6 nitrogen and oxygen atoms in total. The molecule has 0 bridgehead atoms. The highest BCUT2D eigenvalue weighted by atomic mass is 16.5. The lowest BCUT2D eigenvalue weighted by Gasteiger charge is -2.15. The van der Waals surface area contributed by atoms with Gasteiger partial charge in [-0.25, -0.2) is 4.79 Å². The van der Waals surface area contributed by atoms with Gasteiger partial charge in [-0.15, -0.1) is 0 Å². The van der Waals surface area contributed by atoms with Crippen molar-refractivity contribution in [3.05, 3.63) is 42.5 Å². The van der Waals surface area contributed by atoms with Gasteiger partial charge in [0, 0.05) is 35.8 Å². The first-order valence-electron chi connectivity index (χ1n) is 10.1. The summed E-state index contributed by atoms with van der Waals surface area (Å²) in [6.45, 7) is 10.3. The van der Waals surface area contributed by atoms with Crippen LogP contribution in [0.5, 0.6) is 5.75 Å². The lowest BCUT2D eigenvalue weighted by Crippen LogP contribution is -2.28. The SMILES string of the molecule is CCNC(=O)Nc1ccc(-c2c(N)c3ccc(OCC)cc3n2CC(C)C)cc1. The highest BCUT2D eigenvalue weighted by molar-refractivity contribution is 6.01. The Bertz CT molecular complexity index is 990. The molecule has 0 aliphatic carbocycles. The summed E-state index contributed by atoms with van der Waals surface area (Å²) in [5.74, 6) is 1.30. The van der Waals surface area contributed by atoms with E-state index in [9.17, 15) is 4.79 Å². The number of ether oxygens (including phenoxy) is 1. The third-order valence-corrected chi connectivity index (χ3v) is 4.69. The Labute approximate surface area is 172 Å². The van der Waals surface area contributed by atoms with Crippen molar-refractivity contribution in [2.75, 3.05) is 24.2 Å². The van der Waals surface area contributed by atoms with Crippen LogP contribution in [0.1, 0.15) is 27.7 Å². The molecule has 29 heavy (non-hydrogen) atoms. The maximum absolute atomic E-state index is 11.7. The van der Waals surface area contributed by atoms with E-state index in [4.69, 9.17) is 10.5 Å². The molecule has 0 aliphatic heterocycles. The van der Waals surface area contributed by atoms with Gasteiger partial charge in [-0.05, 0) is 44.0 Å².